The molecule has 0 heterocycles. The van der Waals surface area contributed by atoms with Crippen LogP contribution in [-0.4, -0.2) is 28.7 Å². The van der Waals surface area contributed by atoms with Gasteiger partial charge in [-0.05, 0) is 33.3 Å². The maximum atomic E-state index is 9.61. The quantitative estimate of drug-likeness (QED) is 0.826. The Morgan fingerprint density at radius 3 is 1.88 bits per heavy atom. The third-order valence-electron chi connectivity index (χ3n) is 2.91. The first-order chi connectivity index (χ1) is 7.57. The van der Waals surface area contributed by atoms with E-state index in [-0.39, 0.29) is 12.6 Å². The highest BCUT2D eigenvalue weighted by atomic mass is 16.3. The molecule has 2 nitrogen and oxygen atoms in total. The predicted octanol–water partition coefficient (Wildman–Crippen LogP) is 2.84. The molecule has 1 aromatic carbocycles. The van der Waals surface area contributed by atoms with Crippen molar-refractivity contribution in [3.8, 4) is 0 Å². The first-order valence-electron chi connectivity index (χ1n) is 6.01. The fourth-order valence-electron chi connectivity index (χ4n) is 2.36. The fourth-order valence-corrected chi connectivity index (χ4v) is 2.36. The highest BCUT2D eigenvalue weighted by Gasteiger charge is 2.24. The summed E-state index contributed by atoms with van der Waals surface area (Å²) in [6.45, 7) is 8.86. The standard InChI is InChI=1S/C14H23NO/c1-11(2)15(12(3)4)14(10-16)13-8-6-5-7-9-13/h5-9,11-12,14,16H,10H2,1-4H3. The average Bonchev–Trinajstić information content (AvgIpc) is 2.25. The van der Waals surface area contributed by atoms with Crippen molar-refractivity contribution in [3.63, 3.8) is 0 Å². The van der Waals surface area contributed by atoms with Gasteiger partial charge in [0.25, 0.3) is 0 Å². The second kappa shape index (κ2) is 6.02. The van der Waals surface area contributed by atoms with Crippen LogP contribution in [0.2, 0.25) is 0 Å². The van der Waals surface area contributed by atoms with Crippen molar-refractivity contribution in [2.75, 3.05) is 6.61 Å². The molecular weight excluding hydrogens is 198 g/mol. The lowest BCUT2D eigenvalue weighted by Gasteiger charge is -2.37. The topological polar surface area (TPSA) is 23.5 Å². The lowest BCUT2D eigenvalue weighted by Crippen LogP contribution is -2.41. The molecule has 16 heavy (non-hydrogen) atoms. The molecular formula is C14H23NO. The monoisotopic (exact) mass is 221 g/mol. The predicted molar refractivity (Wildman–Crippen MR) is 68.4 cm³/mol. The van der Waals surface area contributed by atoms with Crippen LogP contribution in [0, 0.1) is 0 Å². The van der Waals surface area contributed by atoms with E-state index in [4.69, 9.17) is 0 Å². The van der Waals surface area contributed by atoms with Gasteiger partial charge in [0.1, 0.15) is 0 Å². The molecule has 0 fully saturated rings. The van der Waals surface area contributed by atoms with Gasteiger partial charge in [-0.25, -0.2) is 0 Å². The zero-order valence-corrected chi connectivity index (χ0v) is 10.7. The minimum atomic E-state index is 0.0983. The molecule has 0 aliphatic carbocycles. The molecule has 0 saturated carbocycles. The van der Waals surface area contributed by atoms with E-state index in [1.807, 2.05) is 18.2 Å². The van der Waals surface area contributed by atoms with Crippen molar-refractivity contribution in [1.29, 1.82) is 0 Å². The number of aliphatic hydroxyl groups excluding tert-OH is 1. The van der Waals surface area contributed by atoms with Crippen molar-refractivity contribution in [2.24, 2.45) is 0 Å². The van der Waals surface area contributed by atoms with E-state index < -0.39 is 0 Å². The lowest BCUT2D eigenvalue weighted by molar-refractivity contribution is 0.0670. The zero-order valence-electron chi connectivity index (χ0n) is 10.7. The van der Waals surface area contributed by atoms with E-state index in [0.29, 0.717) is 12.1 Å². The van der Waals surface area contributed by atoms with Crippen molar-refractivity contribution in [1.82, 2.24) is 4.90 Å². The Morgan fingerprint density at radius 1 is 1.00 bits per heavy atom. The van der Waals surface area contributed by atoms with Crippen LogP contribution in [-0.2, 0) is 0 Å². The third-order valence-corrected chi connectivity index (χ3v) is 2.91. The van der Waals surface area contributed by atoms with Gasteiger partial charge in [-0.3, -0.25) is 4.90 Å². The molecule has 1 atom stereocenters. The summed E-state index contributed by atoms with van der Waals surface area (Å²) in [4.78, 5) is 2.34. The van der Waals surface area contributed by atoms with Crippen LogP contribution in [0.5, 0.6) is 0 Å². The van der Waals surface area contributed by atoms with Crippen molar-refractivity contribution in [3.05, 3.63) is 35.9 Å². The summed E-state index contributed by atoms with van der Waals surface area (Å²) in [5.41, 5.74) is 1.19. The fraction of sp³-hybridized carbons (Fsp3) is 0.571. The Bertz CT molecular complexity index is 287. The number of nitrogens with zero attached hydrogens (tertiary/aromatic N) is 1. The van der Waals surface area contributed by atoms with Gasteiger partial charge in [0.05, 0.1) is 12.6 Å². The van der Waals surface area contributed by atoms with Crippen LogP contribution in [0.1, 0.15) is 39.3 Å². The maximum absolute atomic E-state index is 9.61. The smallest absolute Gasteiger partial charge is 0.0628 e. The Morgan fingerprint density at radius 2 is 1.50 bits per heavy atom. The molecule has 1 N–H and O–H groups in total. The summed E-state index contributed by atoms with van der Waals surface area (Å²) in [5.74, 6) is 0. The van der Waals surface area contributed by atoms with E-state index in [1.54, 1.807) is 0 Å². The first-order valence-corrected chi connectivity index (χ1v) is 6.01. The largest absolute Gasteiger partial charge is 0.394 e. The molecule has 0 amide bonds. The van der Waals surface area contributed by atoms with Gasteiger partial charge in [-0.2, -0.15) is 0 Å². The van der Waals surface area contributed by atoms with E-state index in [9.17, 15) is 5.11 Å². The second-order valence-electron chi connectivity index (χ2n) is 4.74. The molecule has 0 bridgehead atoms. The van der Waals surface area contributed by atoms with E-state index in [2.05, 4.69) is 44.7 Å². The molecule has 90 valence electrons. The molecule has 0 radical (unpaired) electrons. The summed E-state index contributed by atoms with van der Waals surface area (Å²) in [6, 6.07) is 11.2. The van der Waals surface area contributed by atoms with E-state index in [1.165, 1.54) is 5.56 Å². The van der Waals surface area contributed by atoms with Gasteiger partial charge in [-0.15, -0.1) is 0 Å². The number of aliphatic hydroxyl groups is 1. The average molecular weight is 221 g/mol. The molecule has 1 unspecified atom stereocenters. The normalized spacial score (nSPS) is 13.8. The summed E-state index contributed by atoms with van der Waals surface area (Å²) in [7, 11) is 0. The van der Waals surface area contributed by atoms with Crippen LogP contribution in [0.3, 0.4) is 0 Å². The van der Waals surface area contributed by atoms with Crippen molar-refractivity contribution >= 4 is 0 Å². The third kappa shape index (κ3) is 3.06. The lowest BCUT2D eigenvalue weighted by atomic mass is 10.0. The van der Waals surface area contributed by atoms with Crippen LogP contribution in [0.4, 0.5) is 0 Å². The molecule has 1 rings (SSSR count). The molecule has 0 aromatic heterocycles. The molecule has 0 saturated heterocycles. The highest BCUT2D eigenvalue weighted by Crippen LogP contribution is 2.24. The Balaban J connectivity index is 2.96. The Labute approximate surface area is 98.9 Å². The van der Waals surface area contributed by atoms with Crippen LogP contribution in [0.15, 0.2) is 30.3 Å². The van der Waals surface area contributed by atoms with Crippen LogP contribution in [0.25, 0.3) is 0 Å². The van der Waals surface area contributed by atoms with Gasteiger partial charge in [0.15, 0.2) is 0 Å². The minimum absolute atomic E-state index is 0.0983. The molecule has 1 aromatic rings. The van der Waals surface area contributed by atoms with Gasteiger partial charge in [0.2, 0.25) is 0 Å². The molecule has 0 spiro atoms. The summed E-state index contributed by atoms with van der Waals surface area (Å²) >= 11 is 0. The summed E-state index contributed by atoms with van der Waals surface area (Å²) < 4.78 is 0. The van der Waals surface area contributed by atoms with Crippen molar-refractivity contribution < 1.29 is 5.11 Å². The van der Waals surface area contributed by atoms with Crippen LogP contribution < -0.4 is 0 Å². The SMILES string of the molecule is CC(C)N(C(C)C)C(CO)c1ccccc1. The van der Waals surface area contributed by atoms with Crippen molar-refractivity contribution in [2.45, 2.75) is 45.8 Å². The van der Waals surface area contributed by atoms with Gasteiger partial charge < -0.3 is 5.11 Å². The summed E-state index contributed by atoms with van der Waals surface area (Å²) in [5, 5.41) is 9.61. The van der Waals surface area contributed by atoms with Crippen LogP contribution >= 0.6 is 0 Å². The maximum Gasteiger partial charge on any atom is 0.0628 e. The number of hydrogen-bond donors (Lipinski definition) is 1. The van der Waals surface area contributed by atoms with E-state index in [0.717, 1.165) is 0 Å². The van der Waals surface area contributed by atoms with E-state index >= 15 is 0 Å². The number of hydrogen-bond acceptors (Lipinski definition) is 2. The second-order valence-corrected chi connectivity index (χ2v) is 4.74. The zero-order chi connectivity index (χ0) is 12.1. The molecule has 0 aliphatic rings. The molecule has 2 heteroatoms. The Hall–Kier alpha value is -0.860. The first kappa shape index (κ1) is 13.2. The number of benzene rings is 1. The molecule has 0 aliphatic heterocycles. The van der Waals surface area contributed by atoms with Gasteiger partial charge in [-0.1, -0.05) is 30.3 Å². The minimum Gasteiger partial charge on any atom is -0.394 e. The summed E-state index contributed by atoms with van der Waals surface area (Å²) in [6.07, 6.45) is 0. The highest BCUT2D eigenvalue weighted by molar-refractivity contribution is 5.19. The number of rotatable bonds is 5. The Kier molecular flexibility index (Phi) is 4.97. The van der Waals surface area contributed by atoms with Gasteiger partial charge >= 0.3 is 0 Å². The van der Waals surface area contributed by atoms with Gasteiger partial charge in [0, 0.05) is 12.1 Å².